The molecule has 0 aromatic heterocycles. The van der Waals surface area contributed by atoms with E-state index in [9.17, 15) is 4.79 Å². The first-order valence-electron chi connectivity index (χ1n) is 9.39. The predicted octanol–water partition coefficient (Wildman–Crippen LogP) is 6.83. The van der Waals surface area contributed by atoms with Gasteiger partial charge < -0.3 is 5.11 Å². The first kappa shape index (κ1) is 22.7. The van der Waals surface area contributed by atoms with Crippen molar-refractivity contribution in [2.45, 2.75) is 66.2 Å². The van der Waals surface area contributed by atoms with Crippen molar-refractivity contribution in [3.8, 4) is 0 Å². The van der Waals surface area contributed by atoms with Crippen LogP contribution in [-0.4, -0.2) is 11.1 Å². The number of carbonyl (C=O) groups is 1. The van der Waals surface area contributed by atoms with Gasteiger partial charge in [0.2, 0.25) is 0 Å². The summed E-state index contributed by atoms with van der Waals surface area (Å²) < 4.78 is 0. The van der Waals surface area contributed by atoms with Gasteiger partial charge in [-0.25, -0.2) is 4.79 Å². The van der Waals surface area contributed by atoms with Crippen LogP contribution in [-0.2, 0) is 15.6 Å². The van der Waals surface area contributed by atoms with Gasteiger partial charge >= 0.3 is 5.97 Å². The second kappa shape index (κ2) is 9.03. The molecule has 0 bridgehead atoms. The number of hydrogen-bond donors (Lipinski definition) is 1. The summed E-state index contributed by atoms with van der Waals surface area (Å²) in [5, 5.41) is 8.72. The fraction of sp³-hybridized carbons (Fsp3) is 0.400. The zero-order valence-electron chi connectivity index (χ0n) is 18.1. The fourth-order valence-electron chi connectivity index (χ4n) is 2.49. The highest BCUT2D eigenvalue weighted by Gasteiger charge is 2.19. The van der Waals surface area contributed by atoms with Gasteiger partial charge in [0.05, 0.1) is 0 Å². The second-order valence-corrected chi connectivity index (χ2v) is 9.17. The van der Waals surface area contributed by atoms with Crippen molar-refractivity contribution < 1.29 is 9.90 Å². The van der Waals surface area contributed by atoms with Crippen LogP contribution >= 0.6 is 0 Å². The molecule has 1 aromatic rings. The third-order valence-corrected chi connectivity index (χ3v) is 4.30. The van der Waals surface area contributed by atoms with Gasteiger partial charge in [-0.3, -0.25) is 0 Å². The van der Waals surface area contributed by atoms with E-state index in [2.05, 4.69) is 71.9 Å². The number of carboxylic acid groups (broad SMARTS) is 1. The summed E-state index contributed by atoms with van der Waals surface area (Å²) in [4.78, 5) is 10.6. The average Bonchev–Trinajstić information content (AvgIpc) is 2.50. The molecule has 0 unspecified atom stereocenters. The molecule has 0 atom stereocenters. The van der Waals surface area contributed by atoms with E-state index >= 15 is 0 Å². The van der Waals surface area contributed by atoms with Crippen LogP contribution in [0.4, 0.5) is 0 Å². The van der Waals surface area contributed by atoms with Crippen LogP contribution in [0.3, 0.4) is 0 Å². The molecule has 0 fully saturated rings. The summed E-state index contributed by atoms with van der Waals surface area (Å²) in [6, 6.07) is 6.84. The Balaban J connectivity index is 3.11. The largest absolute Gasteiger partial charge is 0.478 e. The first-order chi connectivity index (χ1) is 12.3. The van der Waals surface area contributed by atoms with Crippen molar-refractivity contribution in [3.63, 3.8) is 0 Å². The molecular weight excluding hydrogens is 332 g/mol. The van der Waals surface area contributed by atoms with Gasteiger partial charge in [-0.05, 0) is 46.9 Å². The van der Waals surface area contributed by atoms with Crippen molar-refractivity contribution in [2.24, 2.45) is 0 Å². The highest BCUT2D eigenvalue weighted by Crippen LogP contribution is 2.30. The third kappa shape index (κ3) is 8.25. The molecule has 0 heterocycles. The minimum Gasteiger partial charge on any atom is -0.478 e. The van der Waals surface area contributed by atoms with E-state index in [1.54, 1.807) is 13.0 Å². The van der Waals surface area contributed by atoms with Gasteiger partial charge in [0.25, 0.3) is 0 Å². The highest BCUT2D eigenvalue weighted by atomic mass is 16.4. The molecular formula is C25H34O2. The van der Waals surface area contributed by atoms with Crippen LogP contribution in [0.2, 0.25) is 0 Å². The number of benzene rings is 1. The van der Waals surface area contributed by atoms with Crippen LogP contribution in [0, 0.1) is 0 Å². The van der Waals surface area contributed by atoms with E-state index in [1.807, 2.05) is 19.1 Å². The van der Waals surface area contributed by atoms with E-state index in [1.165, 1.54) is 22.8 Å². The molecule has 2 heteroatoms. The maximum Gasteiger partial charge on any atom is 0.328 e. The standard InChI is InChI=1S/C25H34O2/c1-18(10-9-11-19(2)14-23(26)27)12-13-20-15-21(24(3,4)5)17-22(16-20)25(6,7)8/h9-17H,1-8H3,(H,26,27)/b11-9+,13-12+,18-10-,19-14+. The predicted molar refractivity (Wildman–Crippen MR) is 117 cm³/mol. The minimum atomic E-state index is -0.925. The van der Waals surface area contributed by atoms with E-state index < -0.39 is 5.97 Å². The van der Waals surface area contributed by atoms with Crippen molar-refractivity contribution in [1.82, 2.24) is 0 Å². The number of rotatable bonds is 5. The zero-order chi connectivity index (χ0) is 20.8. The average molecular weight is 367 g/mol. The molecule has 1 N–H and O–H groups in total. The summed E-state index contributed by atoms with van der Waals surface area (Å²) in [6.45, 7) is 17.3. The lowest BCUT2D eigenvalue weighted by Gasteiger charge is -2.25. The molecule has 146 valence electrons. The summed E-state index contributed by atoms with van der Waals surface area (Å²) in [7, 11) is 0. The summed E-state index contributed by atoms with van der Waals surface area (Å²) in [5.74, 6) is -0.925. The molecule has 0 amide bonds. The molecule has 0 aliphatic heterocycles. The Morgan fingerprint density at radius 1 is 0.852 bits per heavy atom. The van der Waals surface area contributed by atoms with E-state index in [-0.39, 0.29) is 10.8 Å². The van der Waals surface area contributed by atoms with E-state index in [0.717, 1.165) is 5.57 Å². The second-order valence-electron chi connectivity index (χ2n) is 9.17. The monoisotopic (exact) mass is 366 g/mol. The van der Waals surface area contributed by atoms with Gasteiger partial charge in [-0.1, -0.05) is 95.7 Å². The van der Waals surface area contributed by atoms with Gasteiger partial charge in [-0.2, -0.15) is 0 Å². The van der Waals surface area contributed by atoms with Gasteiger partial charge in [-0.15, -0.1) is 0 Å². The van der Waals surface area contributed by atoms with E-state index in [0.29, 0.717) is 5.57 Å². The van der Waals surface area contributed by atoms with Gasteiger partial charge in [0.1, 0.15) is 0 Å². The van der Waals surface area contributed by atoms with Crippen molar-refractivity contribution in [3.05, 3.63) is 76.4 Å². The normalized spacial score (nSPS) is 14.4. The molecule has 1 aromatic carbocycles. The minimum absolute atomic E-state index is 0.103. The summed E-state index contributed by atoms with van der Waals surface area (Å²) >= 11 is 0. The molecule has 0 aliphatic carbocycles. The van der Waals surface area contributed by atoms with Crippen LogP contribution in [0.1, 0.15) is 72.1 Å². The van der Waals surface area contributed by atoms with Gasteiger partial charge in [0, 0.05) is 6.08 Å². The Labute approximate surface area is 165 Å². The fourth-order valence-corrected chi connectivity index (χ4v) is 2.49. The number of carboxylic acids is 1. The molecule has 2 nitrogen and oxygen atoms in total. The highest BCUT2D eigenvalue weighted by molar-refractivity contribution is 5.81. The quantitative estimate of drug-likeness (QED) is 0.458. The topological polar surface area (TPSA) is 37.3 Å². The lowest BCUT2D eigenvalue weighted by molar-refractivity contribution is -0.131. The zero-order valence-corrected chi connectivity index (χ0v) is 18.1. The number of aliphatic carboxylic acids is 1. The lowest BCUT2D eigenvalue weighted by Crippen LogP contribution is -2.16. The Morgan fingerprint density at radius 2 is 1.37 bits per heavy atom. The Hall–Kier alpha value is -2.35. The SMILES string of the molecule is CC(=C/C=C/C(C)=C/C(=O)O)/C=C/c1cc(C(C)(C)C)cc(C(C)(C)C)c1. The maximum absolute atomic E-state index is 10.6. The summed E-state index contributed by atoms with van der Waals surface area (Å²) in [5.41, 5.74) is 5.90. The smallest absolute Gasteiger partial charge is 0.328 e. The van der Waals surface area contributed by atoms with E-state index in [4.69, 9.17) is 5.11 Å². The molecule has 0 spiro atoms. The van der Waals surface area contributed by atoms with Gasteiger partial charge in [0.15, 0.2) is 0 Å². The van der Waals surface area contributed by atoms with Crippen LogP contribution in [0.25, 0.3) is 6.08 Å². The van der Waals surface area contributed by atoms with Crippen molar-refractivity contribution >= 4 is 12.0 Å². The molecule has 27 heavy (non-hydrogen) atoms. The molecule has 0 saturated carbocycles. The Morgan fingerprint density at radius 3 is 1.81 bits per heavy atom. The van der Waals surface area contributed by atoms with Crippen LogP contribution in [0.5, 0.6) is 0 Å². The first-order valence-corrected chi connectivity index (χ1v) is 9.39. The molecule has 1 rings (SSSR count). The number of hydrogen-bond acceptors (Lipinski definition) is 1. The Kier molecular flexibility index (Phi) is 7.59. The lowest BCUT2D eigenvalue weighted by atomic mass is 9.79. The van der Waals surface area contributed by atoms with Crippen molar-refractivity contribution in [1.29, 1.82) is 0 Å². The van der Waals surface area contributed by atoms with Crippen molar-refractivity contribution in [2.75, 3.05) is 0 Å². The molecule has 0 radical (unpaired) electrons. The van der Waals surface area contributed by atoms with Crippen LogP contribution in [0.15, 0.2) is 59.7 Å². The van der Waals surface area contributed by atoms with Crippen LogP contribution < -0.4 is 0 Å². The molecule has 0 saturated heterocycles. The third-order valence-electron chi connectivity index (χ3n) is 4.30. The maximum atomic E-state index is 10.6. The molecule has 0 aliphatic rings. The Bertz CT molecular complexity index is 756. The summed E-state index contributed by atoms with van der Waals surface area (Å²) in [6.07, 6.45) is 11.1. The number of allylic oxidation sites excluding steroid dienone is 6.